The first kappa shape index (κ1) is 23.8. The number of primary amides is 1. The largest absolute Gasteiger partial charge is 0.496 e. The van der Waals surface area contributed by atoms with Crippen molar-refractivity contribution in [2.45, 2.75) is 13.3 Å². The minimum Gasteiger partial charge on any atom is -0.496 e. The quantitative estimate of drug-likeness (QED) is 0.416. The zero-order valence-corrected chi connectivity index (χ0v) is 20.9. The third-order valence-corrected chi connectivity index (χ3v) is 7.02. The van der Waals surface area contributed by atoms with Crippen molar-refractivity contribution in [2.75, 3.05) is 44.7 Å². The summed E-state index contributed by atoms with van der Waals surface area (Å²) >= 11 is 0. The van der Waals surface area contributed by atoms with Crippen molar-refractivity contribution in [3.63, 3.8) is 0 Å². The third-order valence-electron chi connectivity index (χ3n) is 7.02. The number of rotatable bonds is 7. The highest BCUT2D eigenvalue weighted by atomic mass is 16.5. The molecule has 6 nitrogen and oxygen atoms in total. The minimum absolute atomic E-state index is 0.430. The molecular weight excluding hydrogens is 448 g/mol. The summed E-state index contributed by atoms with van der Waals surface area (Å²) in [6.45, 7) is 7.00. The molecule has 1 fully saturated rings. The monoisotopic (exact) mass is 480 g/mol. The Morgan fingerprint density at radius 1 is 0.972 bits per heavy atom. The van der Waals surface area contributed by atoms with Crippen LogP contribution in [0.1, 0.15) is 21.6 Å². The molecule has 5 rings (SSSR count). The average molecular weight is 481 g/mol. The van der Waals surface area contributed by atoms with Gasteiger partial charge in [-0.05, 0) is 60.9 Å². The Labute approximate surface area is 212 Å². The van der Waals surface area contributed by atoms with Crippen molar-refractivity contribution < 1.29 is 9.53 Å². The number of benzene rings is 3. The number of hydrogen-bond acceptors (Lipinski definition) is 5. The first-order valence-corrected chi connectivity index (χ1v) is 12.4. The molecule has 0 aliphatic carbocycles. The lowest BCUT2D eigenvalue weighted by molar-refractivity contribution is 0.100. The number of para-hydroxylation sites is 1. The number of anilines is 1. The summed E-state index contributed by atoms with van der Waals surface area (Å²) in [4.78, 5) is 21.3. The van der Waals surface area contributed by atoms with Crippen LogP contribution in [-0.2, 0) is 6.42 Å². The molecule has 0 atom stereocenters. The van der Waals surface area contributed by atoms with E-state index >= 15 is 0 Å². The maximum absolute atomic E-state index is 11.7. The Bertz CT molecular complexity index is 1390. The second-order valence-electron chi connectivity index (χ2n) is 9.32. The van der Waals surface area contributed by atoms with E-state index in [1.807, 2.05) is 31.2 Å². The van der Waals surface area contributed by atoms with Gasteiger partial charge in [0.05, 0.1) is 12.6 Å². The van der Waals surface area contributed by atoms with Crippen molar-refractivity contribution in [3.05, 3.63) is 89.6 Å². The number of nitrogens with zero attached hydrogens (tertiary/aromatic N) is 3. The fourth-order valence-electron chi connectivity index (χ4n) is 5.10. The SMILES string of the molecule is COc1c(CCN2CCN(c3cccc4nc(C)ccc34)CC2)cccc1-c1cccc(C(N)=O)c1. The van der Waals surface area contributed by atoms with Crippen LogP contribution >= 0.6 is 0 Å². The molecule has 0 unspecified atom stereocenters. The highest BCUT2D eigenvalue weighted by Crippen LogP contribution is 2.34. The number of methoxy groups -OCH3 is 1. The lowest BCUT2D eigenvalue weighted by atomic mass is 9.98. The smallest absolute Gasteiger partial charge is 0.248 e. The van der Waals surface area contributed by atoms with Crippen LogP contribution < -0.4 is 15.4 Å². The molecule has 0 spiro atoms. The van der Waals surface area contributed by atoms with E-state index in [-0.39, 0.29) is 0 Å². The lowest BCUT2D eigenvalue weighted by Gasteiger charge is -2.36. The standard InChI is InChI=1S/C30H32N4O2/c1-21-12-13-26-27(32-21)10-5-11-28(26)34-18-16-33(17-19-34)15-14-22-6-4-9-25(29(22)36-2)23-7-3-8-24(20-23)30(31)35/h3-13,20H,14-19H2,1-2H3,(H2,31,35). The van der Waals surface area contributed by atoms with Gasteiger partial charge >= 0.3 is 0 Å². The molecule has 1 saturated heterocycles. The molecule has 2 heterocycles. The van der Waals surface area contributed by atoms with E-state index in [2.05, 4.69) is 52.3 Å². The van der Waals surface area contributed by atoms with Gasteiger partial charge in [-0.25, -0.2) is 0 Å². The summed E-state index contributed by atoms with van der Waals surface area (Å²) in [5, 5.41) is 1.22. The summed E-state index contributed by atoms with van der Waals surface area (Å²) in [6, 6.07) is 24.3. The average Bonchev–Trinajstić information content (AvgIpc) is 2.91. The zero-order valence-electron chi connectivity index (χ0n) is 20.9. The maximum atomic E-state index is 11.7. The van der Waals surface area contributed by atoms with Gasteiger partial charge in [0.2, 0.25) is 5.91 Å². The molecule has 0 saturated carbocycles. The Morgan fingerprint density at radius 2 is 1.75 bits per heavy atom. The van der Waals surface area contributed by atoms with Crippen LogP contribution in [0, 0.1) is 6.92 Å². The summed E-state index contributed by atoms with van der Waals surface area (Å²) < 4.78 is 5.85. The lowest BCUT2D eigenvalue weighted by Crippen LogP contribution is -2.47. The molecular formula is C30H32N4O2. The molecule has 3 aromatic carbocycles. The van der Waals surface area contributed by atoms with Crippen LogP contribution in [0.15, 0.2) is 72.8 Å². The van der Waals surface area contributed by atoms with Crippen LogP contribution in [0.3, 0.4) is 0 Å². The first-order valence-electron chi connectivity index (χ1n) is 12.4. The molecule has 1 aliphatic heterocycles. The Kier molecular flexibility index (Phi) is 6.87. The van der Waals surface area contributed by atoms with E-state index in [9.17, 15) is 4.79 Å². The molecule has 36 heavy (non-hydrogen) atoms. The predicted molar refractivity (Wildman–Crippen MR) is 146 cm³/mol. The number of aryl methyl sites for hydroxylation is 1. The molecule has 1 amide bonds. The predicted octanol–water partition coefficient (Wildman–Crippen LogP) is 4.68. The van der Waals surface area contributed by atoms with Crippen molar-refractivity contribution in [1.29, 1.82) is 0 Å². The van der Waals surface area contributed by atoms with Gasteiger partial charge in [0, 0.05) is 60.6 Å². The fraction of sp³-hybridized carbons (Fsp3) is 0.267. The number of carbonyl (C=O) groups excluding carboxylic acids is 1. The first-order chi connectivity index (χ1) is 17.5. The van der Waals surface area contributed by atoms with E-state index < -0.39 is 5.91 Å². The van der Waals surface area contributed by atoms with Crippen LogP contribution in [0.5, 0.6) is 5.75 Å². The Balaban J connectivity index is 1.26. The van der Waals surface area contributed by atoms with E-state index in [1.165, 1.54) is 11.1 Å². The number of piperazine rings is 1. The topological polar surface area (TPSA) is 71.7 Å². The van der Waals surface area contributed by atoms with Crippen LogP contribution in [0.4, 0.5) is 5.69 Å². The normalized spacial score (nSPS) is 14.2. The minimum atomic E-state index is -0.430. The highest BCUT2D eigenvalue weighted by molar-refractivity contribution is 5.94. The van der Waals surface area contributed by atoms with Gasteiger partial charge < -0.3 is 15.4 Å². The van der Waals surface area contributed by atoms with Crippen molar-refractivity contribution in [3.8, 4) is 16.9 Å². The Morgan fingerprint density at radius 3 is 2.53 bits per heavy atom. The summed E-state index contributed by atoms with van der Waals surface area (Å²) in [6.07, 6.45) is 0.893. The van der Waals surface area contributed by atoms with Crippen LogP contribution in [-0.4, -0.2) is 55.6 Å². The zero-order chi connectivity index (χ0) is 25.1. The van der Waals surface area contributed by atoms with Gasteiger partial charge in [0.1, 0.15) is 5.75 Å². The van der Waals surface area contributed by atoms with Gasteiger partial charge in [-0.15, -0.1) is 0 Å². The number of fused-ring (bicyclic) bond motifs is 1. The molecule has 6 heteroatoms. The number of carbonyl (C=O) groups is 1. The Hall–Kier alpha value is -3.90. The van der Waals surface area contributed by atoms with Crippen LogP contribution in [0.2, 0.25) is 0 Å². The van der Waals surface area contributed by atoms with E-state index in [0.29, 0.717) is 5.56 Å². The molecule has 0 bridgehead atoms. The summed E-state index contributed by atoms with van der Waals surface area (Å²) in [5.41, 5.74) is 12.4. The van der Waals surface area contributed by atoms with Gasteiger partial charge in [-0.2, -0.15) is 0 Å². The van der Waals surface area contributed by atoms with E-state index in [1.54, 1.807) is 13.2 Å². The van der Waals surface area contributed by atoms with Crippen molar-refractivity contribution in [1.82, 2.24) is 9.88 Å². The summed E-state index contributed by atoms with van der Waals surface area (Å²) in [5.74, 6) is 0.428. The molecule has 184 valence electrons. The number of pyridine rings is 1. The summed E-state index contributed by atoms with van der Waals surface area (Å²) in [7, 11) is 1.71. The molecule has 1 aromatic heterocycles. The second-order valence-corrected chi connectivity index (χ2v) is 9.32. The van der Waals surface area contributed by atoms with Gasteiger partial charge in [0.25, 0.3) is 0 Å². The van der Waals surface area contributed by atoms with Gasteiger partial charge in [-0.1, -0.05) is 36.4 Å². The third kappa shape index (κ3) is 4.90. The number of amides is 1. The van der Waals surface area contributed by atoms with E-state index in [4.69, 9.17) is 15.5 Å². The van der Waals surface area contributed by atoms with Gasteiger partial charge in [0.15, 0.2) is 0 Å². The van der Waals surface area contributed by atoms with E-state index in [0.717, 1.165) is 72.8 Å². The number of hydrogen-bond donors (Lipinski definition) is 1. The molecule has 0 radical (unpaired) electrons. The second kappa shape index (κ2) is 10.4. The molecule has 2 N–H and O–H groups in total. The van der Waals surface area contributed by atoms with Crippen molar-refractivity contribution in [2.24, 2.45) is 5.73 Å². The van der Waals surface area contributed by atoms with Crippen molar-refractivity contribution >= 4 is 22.5 Å². The number of ether oxygens (including phenoxy) is 1. The van der Waals surface area contributed by atoms with Crippen LogP contribution in [0.25, 0.3) is 22.0 Å². The van der Waals surface area contributed by atoms with Gasteiger partial charge in [-0.3, -0.25) is 14.7 Å². The number of aromatic nitrogens is 1. The highest BCUT2D eigenvalue weighted by Gasteiger charge is 2.20. The number of nitrogens with two attached hydrogens (primary N) is 1. The molecule has 4 aromatic rings. The fourth-order valence-corrected chi connectivity index (χ4v) is 5.10. The molecule has 1 aliphatic rings. The maximum Gasteiger partial charge on any atom is 0.248 e.